The molecule has 2 N–H and O–H groups in total. The first kappa shape index (κ1) is 14.9. The summed E-state index contributed by atoms with van der Waals surface area (Å²) in [6.07, 6.45) is 8.49. The molecule has 0 unspecified atom stereocenters. The average molecular weight is 306 g/mol. The molecule has 1 saturated heterocycles. The van der Waals surface area contributed by atoms with Crippen molar-refractivity contribution in [1.29, 1.82) is 0 Å². The Morgan fingerprint density at radius 2 is 2.05 bits per heavy atom. The molecule has 1 aliphatic carbocycles. The summed E-state index contributed by atoms with van der Waals surface area (Å²) >= 11 is 1.40. The molecule has 1 saturated carbocycles. The molecule has 0 aromatic carbocycles. The van der Waals surface area contributed by atoms with Gasteiger partial charge in [-0.25, -0.2) is 4.79 Å². The van der Waals surface area contributed by atoms with Gasteiger partial charge in [-0.05, 0) is 51.4 Å². The molecule has 2 fully saturated rings. The minimum absolute atomic E-state index is 0.0958. The number of allylic oxidation sites excluding steroid dienone is 1. The van der Waals surface area contributed by atoms with Crippen LogP contribution in [-0.2, 0) is 9.59 Å². The number of aliphatic carboxylic acids is 1. The standard InChI is InChI=1S/C15H16NO4S/c1-8(17)11-13(18)16-12(15(19)20)10(21-14(11)16)7-6-9-4-2-3-5-9/h2-5,8,11,14,17H,6-7H2,1H3,(H,19,20)/t8-,11+,14-/m1/s1. The maximum atomic E-state index is 12.0. The number of β-lactam (4-membered cyclic amide) rings is 1. The van der Waals surface area contributed by atoms with Crippen molar-refractivity contribution < 1.29 is 19.8 Å². The van der Waals surface area contributed by atoms with Crippen LogP contribution in [0.5, 0.6) is 0 Å². The third kappa shape index (κ3) is 2.48. The number of carboxylic acids is 1. The number of fused-ring (bicyclic) bond motifs is 1. The molecule has 6 heteroatoms. The van der Waals surface area contributed by atoms with E-state index in [0.717, 1.165) is 17.2 Å². The Hall–Kier alpha value is -1.01. The lowest BCUT2D eigenvalue weighted by Crippen LogP contribution is -2.60. The lowest BCUT2D eigenvalue weighted by molar-refractivity contribution is -0.156. The van der Waals surface area contributed by atoms with Gasteiger partial charge in [0.1, 0.15) is 11.1 Å². The van der Waals surface area contributed by atoms with Gasteiger partial charge in [-0.1, -0.05) is 0 Å². The quantitative estimate of drug-likeness (QED) is 0.750. The van der Waals surface area contributed by atoms with Gasteiger partial charge in [-0.2, -0.15) is 0 Å². The third-order valence-corrected chi connectivity index (χ3v) is 5.37. The highest BCUT2D eigenvalue weighted by molar-refractivity contribution is 8.04. The maximum absolute atomic E-state index is 12.0. The van der Waals surface area contributed by atoms with Crippen LogP contribution in [-0.4, -0.2) is 38.5 Å². The van der Waals surface area contributed by atoms with Crippen molar-refractivity contribution in [2.45, 2.75) is 31.2 Å². The summed E-state index contributed by atoms with van der Waals surface area (Å²) in [5.74, 6) is -0.704. The molecular weight excluding hydrogens is 290 g/mol. The highest BCUT2D eigenvalue weighted by Crippen LogP contribution is 2.52. The van der Waals surface area contributed by atoms with Gasteiger partial charge < -0.3 is 10.2 Å². The second-order valence-corrected chi connectivity index (χ2v) is 6.56. The lowest BCUT2D eigenvalue weighted by atomic mass is 9.92. The summed E-state index contributed by atoms with van der Waals surface area (Å²) in [6.45, 7) is 1.57. The van der Waals surface area contributed by atoms with Crippen LogP contribution in [0, 0.1) is 37.5 Å². The summed E-state index contributed by atoms with van der Waals surface area (Å²) in [4.78, 5) is 25.5. The van der Waals surface area contributed by atoms with Crippen molar-refractivity contribution in [3.8, 4) is 0 Å². The zero-order valence-electron chi connectivity index (χ0n) is 11.5. The molecule has 3 aliphatic rings. The second-order valence-electron chi connectivity index (χ2n) is 5.35. The van der Waals surface area contributed by atoms with Crippen LogP contribution in [0.2, 0.25) is 0 Å². The number of carboxylic acid groups (broad SMARTS) is 1. The van der Waals surface area contributed by atoms with Gasteiger partial charge in [0, 0.05) is 4.91 Å². The molecular formula is C15H16NO4S. The fourth-order valence-electron chi connectivity index (χ4n) is 2.87. The Bertz CT molecular complexity index is 496. The van der Waals surface area contributed by atoms with Gasteiger partial charge in [0.25, 0.3) is 0 Å². The van der Waals surface area contributed by atoms with E-state index in [9.17, 15) is 19.8 Å². The molecule has 0 aromatic heterocycles. The fourth-order valence-corrected chi connectivity index (χ4v) is 4.48. The van der Waals surface area contributed by atoms with E-state index in [-0.39, 0.29) is 17.0 Å². The number of rotatable bonds is 5. The summed E-state index contributed by atoms with van der Waals surface area (Å²) in [5, 5.41) is 18.8. The Labute approximate surface area is 128 Å². The average Bonchev–Trinajstić information content (AvgIpc) is 3.01. The fraction of sp³-hybridized carbons (Fsp3) is 0.400. The molecule has 3 atom stereocenters. The second kappa shape index (κ2) is 5.65. The summed E-state index contributed by atoms with van der Waals surface area (Å²) in [7, 11) is 0. The van der Waals surface area contributed by atoms with Gasteiger partial charge in [-0.3, -0.25) is 9.69 Å². The van der Waals surface area contributed by atoms with Crippen molar-refractivity contribution in [2.24, 2.45) is 5.92 Å². The van der Waals surface area contributed by atoms with Crippen LogP contribution >= 0.6 is 11.8 Å². The molecule has 5 nitrogen and oxygen atoms in total. The predicted molar refractivity (Wildman–Crippen MR) is 77.7 cm³/mol. The van der Waals surface area contributed by atoms with E-state index < -0.39 is 18.0 Å². The number of hydrogen-bond donors (Lipinski definition) is 2. The van der Waals surface area contributed by atoms with Gasteiger partial charge in [-0.15, -0.1) is 11.8 Å². The first-order valence-corrected chi connectivity index (χ1v) is 7.73. The first-order valence-electron chi connectivity index (χ1n) is 6.85. The number of aliphatic hydroxyl groups excluding tert-OH is 1. The Balaban J connectivity index is 1.72. The van der Waals surface area contributed by atoms with Gasteiger partial charge in [0.2, 0.25) is 5.91 Å². The van der Waals surface area contributed by atoms with Crippen LogP contribution in [0.4, 0.5) is 0 Å². The summed E-state index contributed by atoms with van der Waals surface area (Å²) < 4.78 is 0. The Morgan fingerprint density at radius 1 is 1.38 bits per heavy atom. The van der Waals surface area contributed by atoms with Gasteiger partial charge in [0.15, 0.2) is 0 Å². The van der Waals surface area contributed by atoms with E-state index in [4.69, 9.17) is 0 Å². The number of carbonyl (C=O) groups excluding carboxylic acids is 1. The lowest BCUT2D eigenvalue weighted by Gasteiger charge is -2.43. The van der Waals surface area contributed by atoms with Crippen molar-refractivity contribution in [3.63, 3.8) is 0 Å². The van der Waals surface area contributed by atoms with E-state index in [1.54, 1.807) is 6.92 Å². The minimum atomic E-state index is -1.07. The molecule has 0 spiro atoms. The van der Waals surface area contributed by atoms with Crippen molar-refractivity contribution >= 4 is 23.6 Å². The van der Waals surface area contributed by atoms with Crippen LogP contribution in [0.15, 0.2) is 10.6 Å². The first-order chi connectivity index (χ1) is 10.0. The molecule has 21 heavy (non-hydrogen) atoms. The zero-order chi connectivity index (χ0) is 15.1. The largest absolute Gasteiger partial charge is 0.477 e. The van der Waals surface area contributed by atoms with Crippen LogP contribution in [0.25, 0.3) is 0 Å². The molecule has 1 amide bonds. The SMILES string of the molecule is C[C@@H](O)[C@H]1C(=O)N2C(C(=O)O)=C(CC[C]3[CH][CH][CH][CH]3)S[C@H]12. The van der Waals surface area contributed by atoms with Crippen molar-refractivity contribution in [2.75, 3.05) is 0 Å². The normalized spacial score (nSPS) is 30.6. The highest BCUT2D eigenvalue weighted by Gasteiger charge is 2.57. The van der Waals surface area contributed by atoms with Crippen molar-refractivity contribution in [3.05, 3.63) is 42.2 Å². The van der Waals surface area contributed by atoms with Crippen LogP contribution in [0.1, 0.15) is 19.8 Å². The number of carbonyl (C=O) groups is 2. The van der Waals surface area contributed by atoms with E-state index in [1.807, 2.05) is 25.7 Å². The van der Waals surface area contributed by atoms with Crippen molar-refractivity contribution in [1.82, 2.24) is 4.90 Å². The summed E-state index contributed by atoms with van der Waals surface area (Å²) in [6, 6.07) is 0. The molecule has 0 bridgehead atoms. The maximum Gasteiger partial charge on any atom is 0.353 e. The molecule has 0 aromatic rings. The van der Waals surface area contributed by atoms with Crippen LogP contribution in [0.3, 0.4) is 0 Å². The Morgan fingerprint density at radius 3 is 2.62 bits per heavy atom. The number of aliphatic hydroxyl groups is 1. The van der Waals surface area contributed by atoms with Gasteiger partial charge >= 0.3 is 5.97 Å². The summed E-state index contributed by atoms with van der Waals surface area (Å²) in [5.41, 5.74) is 0.0958. The number of thioether (sulfide) groups is 1. The zero-order valence-corrected chi connectivity index (χ0v) is 12.3. The molecule has 3 rings (SSSR count). The number of hydrogen-bond acceptors (Lipinski definition) is 4. The molecule has 2 aliphatic heterocycles. The minimum Gasteiger partial charge on any atom is -0.477 e. The third-order valence-electron chi connectivity index (χ3n) is 3.95. The predicted octanol–water partition coefficient (Wildman–Crippen LogP) is 1.38. The van der Waals surface area contributed by atoms with E-state index in [1.165, 1.54) is 16.7 Å². The molecule has 2 heterocycles. The smallest absolute Gasteiger partial charge is 0.353 e. The monoisotopic (exact) mass is 306 g/mol. The number of amides is 1. The molecule has 111 valence electrons. The molecule has 5 radical (unpaired) electrons. The van der Waals surface area contributed by atoms with Gasteiger partial charge in [0.05, 0.1) is 12.0 Å². The number of nitrogens with zero attached hydrogens (tertiary/aromatic N) is 1. The van der Waals surface area contributed by atoms with E-state index in [0.29, 0.717) is 6.42 Å². The topological polar surface area (TPSA) is 77.8 Å². The van der Waals surface area contributed by atoms with Crippen LogP contribution < -0.4 is 0 Å². The Kier molecular flexibility index (Phi) is 4.01. The highest BCUT2D eigenvalue weighted by atomic mass is 32.2. The van der Waals surface area contributed by atoms with E-state index in [2.05, 4.69) is 0 Å². The van der Waals surface area contributed by atoms with E-state index >= 15 is 0 Å².